The average molecular weight is 454 g/mol. The number of rotatable bonds is 8. The molecule has 9 heteroatoms. The van der Waals surface area contributed by atoms with Crippen LogP contribution < -0.4 is 5.32 Å². The second kappa shape index (κ2) is 10.4. The summed E-state index contributed by atoms with van der Waals surface area (Å²) in [5, 5.41) is 18.2. The van der Waals surface area contributed by atoms with Gasteiger partial charge >= 0.3 is 0 Å². The molecule has 3 heterocycles. The Morgan fingerprint density at radius 2 is 1.78 bits per heavy atom. The van der Waals surface area contributed by atoms with Gasteiger partial charge in [-0.3, -0.25) is 9.69 Å². The zero-order chi connectivity index (χ0) is 22.5. The molecule has 0 bridgehead atoms. The summed E-state index contributed by atoms with van der Waals surface area (Å²) in [4.78, 5) is 17.3. The predicted octanol–water partition coefficient (Wildman–Crippen LogP) is 2.28. The Balaban J connectivity index is 1.36. The van der Waals surface area contributed by atoms with E-state index in [0.29, 0.717) is 17.3 Å². The van der Waals surface area contributed by atoms with Crippen molar-refractivity contribution in [2.24, 2.45) is 0 Å². The van der Waals surface area contributed by atoms with Crippen molar-refractivity contribution in [3.63, 3.8) is 0 Å². The van der Waals surface area contributed by atoms with E-state index in [1.54, 1.807) is 0 Å². The molecular formula is C23H31N7OS. The lowest BCUT2D eigenvalue weighted by molar-refractivity contribution is -0.118. The van der Waals surface area contributed by atoms with Crippen molar-refractivity contribution in [3.05, 3.63) is 41.7 Å². The highest BCUT2D eigenvalue weighted by molar-refractivity contribution is 8.00. The fourth-order valence-electron chi connectivity index (χ4n) is 4.09. The number of aryl methyl sites for hydroxylation is 2. The molecule has 0 unspecified atom stereocenters. The molecule has 170 valence electrons. The van der Waals surface area contributed by atoms with Gasteiger partial charge < -0.3 is 10.2 Å². The number of fused-ring (bicyclic) bond motifs is 1. The average Bonchev–Trinajstić information content (AvgIpc) is 3.18. The van der Waals surface area contributed by atoms with Gasteiger partial charge in [-0.2, -0.15) is 10.2 Å². The van der Waals surface area contributed by atoms with Crippen LogP contribution in [0.4, 0.5) is 0 Å². The number of piperazine rings is 1. The number of amides is 1. The largest absolute Gasteiger partial charge is 0.354 e. The van der Waals surface area contributed by atoms with E-state index in [1.807, 2.05) is 48.9 Å². The maximum Gasteiger partial charge on any atom is 0.230 e. The number of carbonyl (C=O) groups excluding carboxylic acids is 1. The number of nitrogens with one attached hydrogen (secondary N) is 1. The molecule has 1 N–H and O–H groups in total. The van der Waals surface area contributed by atoms with Crippen molar-refractivity contribution in [1.29, 1.82) is 0 Å². The first-order valence-electron chi connectivity index (χ1n) is 11.2. The van der Waals surface area contributed by atoms with Crippen molar-refractivity contribution in [2.75, 3.05) is 51.6 Å². The third kappa shape index (κ3) is 5.11. The molecular weight excluding hydrogens is 422 g/mol. The Morgan fingerprint density at radius 1 is 1.06 bits per heavy atom. The van der Waals surface area contributed by atoms with Crippen LogP contribution in [0.5, 0.6) is 0 Å². The fourth-order valence-corrected chi connectivity index (χ4v) is 4.84. The summed E-state index contributed by atoms with van der Waals surface area (Å²) in [7, 11) is 0. The van der Waals surface area contributed by atoms with Crippen LogP contribution in [-0.2, 0) is 4.79 Å². The molecule has 0 saturated carbocycles. The van der Waals surface area contributed by atoms with Crippen molar-refractivity contribution < 1.29 is 4.79 Å². The van der Waals surface area contributed by atoms with E-state index in [0.717, 1.165) is 67.2 Å². The third-order valence-electron chi connectivity index (χ3n) is 5.97. The minimum atomic E-state index is 0.0110. The van der Waals surface area contributed by atoms with Crippen molar-refractivity contribution >= 4 is 28.6 Å². The summed E-state index contributed by atoms with van der Waals surface area (Å²) >= 11 is 1.39. The Hall–Kier alpha value is -2.49. The quantitative estimate of drug-likeness (QED) is 0.524. The van der Waals surface area contributed by atoms with E-state index in [9.17, 15) is 4.79 Å². The molecule has 1 saturated heterocycles. The first kappa shape index (κ1) is 22.7. The molecule has 0 spiro atoms. The maximum absolute atomic E-state index is 12.4. The van der Waals surface area contributed by atoms with E-state index in [-0.39, 0.29) is 5.91 Å². The summed E-state index contributed by atoms with van der Waals surface area (Å²) in [5.74, 6) is 0.310. The number of para-hydroxylation sites is 1. The lowest BCUT2D eigenvalue weighted by Gasteiger charge is -2.33. The van der Waals surface area contributed by atoms with E-state index in [2.05, 4.69) is 32.2 Å². The van der Waals surface area contributed by atoms with E-state index < -0.39 is 0 Å². The number of thioether (sulfide) groups is 1. The Morgan fingerprint density at radius 3 is 2.50 bits per heavy atom. The zero-order valence-corrected chi connectivity index (χ0v) is 19.9. The first-order valence-corrected chi connectivity index (χ1v) is 12.2. The van der Waals surface area contributed by atoms with Gasteiger partial charge in [0, 0.05) is 44.7 Å². The van der Waals surface area contributed by atoms with Gasteiger partial charge in [0.05, 0.1) is 22.8 Å². The van der Waals surface area contributed by atoms with Crippen molar-refractivity contribution in [1.82, 2.24) is 35.1 Å². The molecule has 3 aromatic rings. The van der Waals surface area contributed by atoms with Crippen molar-refractivity contribution in [2.45, 2.75) is 25.8 Å². The van der Waals surface area contributed by atoms with E-state index in [4.69, 9.17) is 5.10 Å². The summed E-state index contributed by atoms with van der Waals surface area (Å²) < 4.78 is 1.92. The highest BCUT2D eigenvalue weighted by Crippen LogP contribution is 2.29. The third-order valence-corrected chi connectivity index (χ3v) is 6.93. The van der Waals surface area contributed by atoms with E-state index in [1.165, 1.54) is 11.8 Å². The van der Waals surface area contributed by atoms with Gasteiger partial charge in [0.15, 0.2) is 0 Å². The molecule has 0 atom stereocenters. The van der Waals surface area contributed by atoms with Gasteiger partial charge in [0.25, 0.3) is 0 Å². The van der Waals surface area contributed by atoms with Crippen LogP contribution >= 0.6 is 11.8 Å². The normalized spacial score (nSPS) is 15.3. The topological polar surface area (TPSA) is 79.2 Å². The van der Waals surface area contributed by atoms with Crippen LogP contribution in [-0.4, -0.2) is 87.3 Å². The molecule has 1 aromatic carbocycles. The van der Waals surface area contributed by atoms with Crippen LogP contribution in [0.25, 0.3) is 16.6 Å². The number of hydrogen-bond donors (Lipinski definition) is 1. The summed E-state index contributed by atoms with van der Waals surface area (Å²) in [6.45, 7) is 13.2. The molecule has 1 aliphatic rings. The summed E-state index contributed by atoms with van der Waals surface area (Å²) in [6.07, 6.45) is 0. The van der Waals surface area contributed by atoms with Gasteiger partial charge in [0.1, 0.15) is 10.5 Å². The summed E-state index contributed by atoms with van der Waals surface area (Å²) in [6, 6.07) is 10.0. The molecule has 0 radical (unpaired) electrons. The second-order valence-corrected chi connectivity index (χ2v) is 9.03. The number of carbonyl (C=O) groups is 1. The standard InChI is InChI=1S/C23H31N7OS/c1-4-28-12-14-29(15-13-28)11-10-24-20(31)16-32-23-22-21(17(2)25-26-23)18(3)30(27-22)19-8-6-5-7-9-19/h5-9H,4,10-16H2,1-3H3,(H,24,31). The van der Waals surface area contributed by atoms with E-state index >= 15 is 0 Å². The van der Waals surface area contributed by atoms with Gasteiger partial charge in [-0.25, -0.2) is 4.68 Å². The fraction of sp³-hybridized carbons (Fsp3) is 0.478. The molecule has 1 amide bonds. The molecule has 0 aliphatic carbocycles. The first-order chi connectivity index (χ1) is 15.6. The monoisotopic (exact) mass is 453 g/mol. The molecule has 1 fully saturated rings. The molecule has 1 aliphatic heterocycles. The predicted molar refractivity (Wildman–Crippen MR) is 128 cm³/mol. The minimum Gasteiger partial charge on any atom is -0.354 e. The molecule has 4 rings (SSSR count). The lowest BCUT2D eigenvalue weighted by Crippen LogP contribution is -2.48. The number of aromatic nitrogens is 4. The smallest absolute Gasteiger partial charge is 0.230 e. The van der Waals surface area contributed by atoms with Gasteiger partial charge in [-0.15, -0.1) is 5.10 Å². The minimum absolute atomic E-state index is 0.0110. The van der Waals surface area contributed by atoms with Crippen LogP contribution in [0, 0.1) is 13.8 Å². The Kier molecular flexibility index (Phi) is 7.39. The number of nitrogens with zero attached hydrogens (tertiary/aromatic N) is 6. The molecule has 2 aromatic heterocycles. The SMILES string of the molecule is CCN1CCN(CCNC(=O)CSc2nnc(C)c3c(C)n(-c4ccccc4)nc23)CC1. The Bertz CT molecular complexity index is 1060. The van der Waals surface area contributed by atoms with Crippen LogP contribution in [0.15, 0.2) is 35.4 Å². The van der Waals surface area contributed by atoms with Crippen LogP contribution in [0.3, 0.4) is 0 Å². The van der Waals surface area contributed by atoms with Crippen molar-refractivity contribution in [3.8, 4) is 5.69 Å². The molecule has 8 nitrogen and oxygen atoms in total. The number of likely N-dealkylation sites (N-methyl/N-ethyl adjacent to an activating group) is 1. The number of hydrogen-bond acceptors (Lipinski definition) is 7. The van der Waals surface area contributed by atoms with Crippen LogP contribution in [0.1, 0.15) is 18.3 Å². The second-order valence-electron chi connectivity index (χ2n) is 8.06. The van der Waals surface area contributed by atoms with Crippen LogP contribution in [0.2, 0.25) is 0 Å². The maximum atomic E-state index is 12.4. The van der Waals surface area contributed by atoms with Gasteiger partial charge in [0.2, 0.25) is 5.91 Å². The zero-order valence-electron chi connectivity index (χ0n) is 19.0. The highest BCUT2D eigenvalue weighted by Gasteiger charge is 2.18. The lowest BCUT2D eigenvalue weighted by atomic mass is 10.2. The summed E-state index contributed by atoms with van der Waals surface area (Å²) in [5.41, 5.74) is 3.66. The Labute approximate surface area is 193 Å². The highest BCUT2D eigenvalue weighted by atomic mass is 32.2. The van der Waals surface area contributed by atoms with Gasteiger partial charge in [-0.1, -0.05) is 36.9 Å². The molecule has 32 heavy (non-hydrogen) atoms. The van der Waals surface area contributed by atoms with Gasteiger partial charge in [-0.05, 0) is 32.5 Å². The number of benzene rings is 1.